The molecule has 0 aromatic carbocycles. The number of likely N-dealkylation sites (N-methyl/N-ethyl adjacent to an activating group) is 1. The molecule has 0 unspecified atom stereocenters. The molecule has 1 aliphatic carbocycles. The molecule has 0 atom stereocenters. The first kappa shape index (κ1) is 16.9. The lowest BCUT2D eigenvalue weighted by Gasteiger charge is -2.41. The molecule has 1 aliphatic rings. The summed E-state index contributed by atoms with van der Waals surface area (Å²) in [6, 6.07) is -0.0324. The molecule has 9 heteroatoms. The molecule has 0 saturated heterocycles. The van der Waals surface area contributed by atoms with Crippen LogP contribution in [0, 0.1) is 0 Å². The fourth-order valence-electron chi connectivity index (χ4n) is 2.60. The molecule has 0 spiro atoms. The SMILES string of the molecule is CCN(CC(=O)O)C1CC(NS(=O)(=O)c2cnn(CC)c2)C1. The Morgan fingerprint density at radius 3 is 2.68 bits per heavy atom. The Morgan fingerprint density at radius 2 is 2.18 bits per heavy atom. The van der Waals surface area contributed by atoms with E-state index in [4.69, 9.17) is 5.11 Å². The Hall–Kier alpha value is -1.45. The summed E-state index contributed by atoms with van der Waals surface area (Å²) in [6.45, 7) is 5.03. The van der Waals surface area contributed by atoms with Crippen molar-refractivity contribution in [2.24, 2.45) is 0 Å². The van der Waals surface area contributed by atoms with Crippen LogP contribution in [0.1, 0.15) is 26.7 Å². The van der Waals surface area contributed by atoms with E-state index in [1.165, 1.54) is 12.4 Å². The Balaban J connectivity index is 1.90. The van der Waals surface area contributed by atoms with Crippen LogP contribution in [0.4, 0.5) is 0 Å². The zero-order chi connectivity index (χ0) is 16.3. The van der Waals surface area contributed by atoms with Gasteiger partial charge in [-0.1, -0.05) is 6.92 Å². The molecule has 1 aromatic rings. The van der Waals surface area contributed by atoms with Gasteiger partial charge in [0.1, 0.15) is 4.90 Å². The van der Waals surface area contributed by atoms with Gasteiger partial charge in [0.25, 0.3) is 0 Å². The number of hydrogen-bond donors (Lipinski definition) is 2. The lowest BCUT2D eigenvalue weighted by molar-refractivity contribution is -0.139. The molecule has 2 rings (SSSR count). The first-order valence-electron chi connectivity index (χ1n) is 7.36. The van der Waals surface area contributed by atoms with Crippen molar-refractivity contribution >= 4 is 16.0 Å². The average molecular weight is 330 g/mol. The highest BCUT2D eigenvalue weighted by Crippen LogP contribution is 2.27. The third kappa shape index (κ3) is 3.84. The van der Waals surface area contributed by atoms with Crippen molar-refractivity contribution in [2.75, 3.05) is 13.1 Å². The Labute approximate surface area is 130 Å². The number of hydrogen-bond acceptors (Lipinski definition) is 5. The van der Waals surface area contributed by atoms with Gasteiger partial charge in [0.2, 0.25) is 10.0 Å². The van der Waals surface area contributed by atoms with Crippen molar-refractivity contribution in [3.63, 3.8) is 0 Å². The Morgan fingerprint density at radius 1 is 1.50 bits per heavy atom. The fourth-order valence-corrected chi connectivity index (χ4v) is 3.81. The molecule has 8 nitrogen and oxygen atoms in total. The smallest absolute Gasteiger partial charge is 0.317 e. The molecule has 22 heavy (non-hydrogen) atoms. The van der Waals surface area contributed by atoms with Crippen LogP contribution in [0.2, 0.25) is 0 Å². The van der Waals surface area contributed by atoms with Crippen molar-refractivity contribution in [1.29, 1.82) is 0 Å². The highest BCUT2D eigenvalue weighted by atomic mass is 32.2. The zero-order valence-corrected chi connectivity index (χ0v) is 13.6. The molecular weight excluding hydrogens is 308 g/mol. The third-order valence-electron chi connectivity index (χ3n) is 3.94. The minimum atomic E-state index is -3.56. The van der Waals surface area contributed by atoms with Crippen molar-refractivity contribution in [3.8, 4) is 0 Å². The van der Waals surface area contributed by atoms with E-state index in [0.29, 0.717) is 25.9 Å². The van der Waals surface area contributed by atoms with Gasteiger partial charge in [0, 0.05) is 24.8 Å². The van der Waals surface area contributed by atoms with Gasteiger partial charge in [-0.05, 0) is 26.3 Å². The van der Waals surface area contributed by atoms with Crippen LogP contribution >= 0.6 is 0 Å². The molecule has 1 aromatic heterocycles. The highest BCUT2D eigenvalue weighted by molar-refractivity contribution is 7.89. The predicted octanol–water partition coefficient (Wildman–Crippen LogP) is 0.119. The summed E-state index contributed by atoms with van der Waals surface area (Å²) in [4.78, 5) is 12.8. The Kier molecular flexibility index (Phi) is 5.20. The first-order valence-corrected chi connectivity index (χ1v) is 8.84. The van der Waals surface area contributed by atoms with Crippen molar-refractivity contribution < 1.29 is 18.3 Å². The summed E-state index contributed by atoms with van der Waals surface area (Å²) in [7, 11) is -3.56. The summed E-state index contributed by atoms with van der Waals surface area (Å²) >= 11 is 0. The minimum absolute atomic E-state index is 0.0100. The number of sulfonamides is 1. The minimum Gasteiger partial charge on any atom is -0.480 e. The summed E-state index contributed by atoms with van der Waals surface area (Å²) in [5.74, 6) is -0.863. The predicted molar refractivity (Wildman–Crippen MR) is 79.9 cm³/mol. The number of aliphatic carboxylic acids is 1. The molecular formula is C13H22N4O4S. The van der Waals surface area contributed by atoms with Crippen LogP contribution in [0.3, 0.4) is 0 Å². The van der Waals surface area contributed by atoms with Gasteiger partial charge in [0.05, 0.1) is 12.7 Å². The van der Waals surface area contributed by atoms with Crippen LogP contribution < -0.4 is 4.72 Å². The highest BCUT2D eigenvalue weighted by Gasteiger charge is 2.36. The van der Waals surface area contributed by atoms with Crippen LogP contribution in [-0.2, 0) is 21.4 Å². The van der Waals surface area contributed by atoms with Gasteiger partial charge >= 0.3 is 5.97 Å². The maximum Gasteiger partial charge on any atom is 0.317 e. The topological polar surface area (TPSA) is 105 Å². The van der Waals surface area contributed by atoms with Gasteiger partial charge in [-0.25, -0.2) is 13.1 Å². The number of carbonyl (C=O) groups is 1. The van der Waals surface area contributed by atoms with Crippen molar-refractivity contribution in [2.45, 2.75) is 50.2 Å². The number of rotatable bonds is 8. The van der Waals surface area contributed by atoms with E-state index in [1.54, 1.807) is 4.68 Å². The van der Waals surface area contributed by atoms with Crippen LogP contribution in [-0.4, -0.2) is 59.3 Å². The number of nitrogens with zero attached hydrogens (tertiary/aromatic N) is 3. The van der Waals surface area contributed by atoms with Crippen LogP contribution in [0.5, 0.6) is 0 Å². The van der Waals surface area contributed by atoms with Gasteiger partial charge < -0.3 is 5.11 Å². The van der Waals surface area contributed by atoms with Crippen LogP contribution in [0.25, 0.3) is 0 Å². The quantitative estimate of drug-likeness (QED) is 0.701. The van der Waals surface area contributed by atoms with E-state index in [1.807, 2.05) is 18.7 Å². The maximum absolute atomic E-state index is 12.2. The molecule has 2 N–H and O–H groups in total. The maximum atomic E-state index is 12.2. The van der Waals surface area contributed by atoms with E-state index in [2.05, 4.69) is 9.82 Å². The monoisotopic (exact) mass is 330 g/mol. The molecule has 0 aliphatic heterocycles. The van der Waals surface area contributed by atoms with Gasteiger partial charge in [-0.3, -0.25) is 14.4 Å². The molecule has 124 valence electrons. The summed E-state index contributed by atoms with van der Waals surface area (Å²) in [5, 5.41) is 12.8. The normalized spacial score (nSPS) is 21.8. The molecule has 1 fully saturated rings. The standard InChI is InChI=1S/C13H22N4O4S/c1-3-16(9-13(18)19)11-5-10(6-11)15-22(20,21)12-7-14-17(4-2)8-12/h7-8,10-11,15H,3-6,9H2,1-2H3,(H,18,19). The zero-order valence-electron chi connectivity index (χ0n) is 12.8. The summed E-state index contributed by atoms with van der Waals surface area (Å²) < 4.78 is 28.6. The average Bonchev–Trinajstić information content (AvgIpc) is 2.89. The third-order valence-corrected chi connectivity index (χ3v) is 5.41. The number of carboxylic acids is 1. The first-order chi connectivity index (χ1) is 10.4. The molecule has 1 saturated carbocycles. The Bertz CT molecular complexity index is 622. The number of aryl methyl sites for hydroxylation is 1. The van der Waals surface area contributed by atoms with Gasteiger partial charge in [-0.2, -0.15) is 5.10 Å². The number of carboxylic acid groups (broad SMARTS) is 1. The molecule has 1 heterocycles. The second kappa shape index (κ2) is 6.76. The van der Waals surface area contributed by atoms with E-state index in [0.717, 1.165) is 0 Å². The molecule has 0 bridgehead atoms. The van der Waals surface area contributed by atoms with E-state index >= 15 is 0 Å². The van der Waals surface area contributed by atoms with Gasteiger partial charge in [0.15, 0.2) is 0 Å². The van der Waals surface area contributed by atoms with E-state index < -0.39 is 16.0 Å². The van der Waals surface area contributed by atoms with Crippen molar-refractivity contribution in [3.05, 3.63) is 12.4 Å². The molecule has 0 radical (unpaired) electrons. The number of nitrogens with one attached hydrogen (secondary N) is 1. The van der Waals surface area contributed by atoms with E-state index in [9.17, 15) is 13.2 Å². The second-order valence-corrected chi connectivity index (χ2v) is 7.15. The van der Waals surface area contributed by atoms with Crippen LogP contribution in [0.15, 0.2) is 17.3 Å². The number of aromatic nitrogens is 2. The van der Waals surface area contributed by atoms with E-state index in [-0.39, 0.29) is 23.5 Å². The lowest BCUT2D eigenvalue weighted by Crippen LogP contribution is -2.54. The largest absolute Gasteiger partial charge is 0.480 e. The fraction of sp³-hybridized carbons (Fsp3) is 0.692. The van der Waals surface area contributed by atoms with Crippen molar-refractivity contribution in [1.82, 2.24) is 19.4 Å². The second-order valence-electron chi connectivity index (χ2n) is 5.43. The summed E-state index contributed by atoms with van der Waals surface area (Å²) in [5.41, 5.74) is 0. The van der Waals surface area contributed by atoms with Gasteiger partial charge in [-0.15, -0.1) is 0 Å². The molecule has 0 amide bonds. The summed E-state index contributed by atoms with van der Waals surface area (Å²) in [6.07, 6.45) is 4.09. The lowest BCUT2D eigenvalue weighted by atomic mass is 9.86.